The largest absolute Gasteiger partial charge is 0.507 e. The lowest BCUT2D eigenvalue weighted by molar-refractivity contribution is 0.0996. The zero-order chi connectivity index (χ0) is 20.8. The van der Waals surface area contributed by atoms with Gasteiger partial charge in [0.2, 0.25) is 0 Å². The number of rotatable bonds is 10. The number of hydrogen-bond donors (Lipinski definition) is 6. The fraction of sp³-hybridized carbons (Fsp3) is 0.263. The Labute approximate surface area is 165 Å². The van der Waals surface area contributed by atoms with Crippen molar-refractivity contribution >= 4 is 16.9 Å². The number of imidazole rings is 1. The van der Waals surface area contributed by atoms with Crippen LogP contribution in [0.5, 0.6) is 17.2 Å². The van der Waals surface area contributed by atoms with Crippen molar-refractivity contribution in [1.82, 2.24) is 15.3 Å². The van der Waals surface area contributed by atoms with Crippen LogP contribution in [0.2, 0.25) is 0 Å². The lowest BCUT2D eigenvalue weighted by Crippen LogP contribution is -2.33. The molecule has 0 aliphatic heterocycles. The van der Waals surface area contributed by atoms with E-state index < -0.39 is 12.0 Å². The SMILES string of the molecule is NC(=O)c1cc(OCCNCC(O)COc2cccc3[nH]c(=O)[nH]c23)ccc1O. The summed E-state index contributed by atoms with van der Waals surface area (Å²) >= 11 is 0. The van der Waals surface area contributed by atoms with Gasteiger partial charge >= 0.3 is 5.69 Å². The number of aromatic hydroxyl groups is 1. The number of aliphatic hydroxyl groups excluding tert-OH is 1. The summed E-state index contributed by atoms with van der Waals surface area (Å²) in [6, 6.07) is 9.43. The highest BCUT2D eigenvalue weighted by Crippen LogP contribution is 2.22. The number of primary amides is 1. The standard InChI is InChI=1S/C19H22N4O6/c20-18(26)13-8-12(4-5-15(13)25)28-7-6-21-9-11(24)10-29-16-3-1-2-14-17(16)23-19(27)22-14/h1-5,8,11,21,24-25H,6-7,9-10H2,(H2,20,26)(H2,22,23,27). The number of ether oxygens (including phenoxy) is 2. The van der Waals surface area contributed by atoms with Crippen LogP contribution in [0.15, 0.2) is 41.2 Å². The van der Waals surface area contributed by atoms with E-state index in [-0.39, 0.29) is 36.8 Å². The molecule has 0 bridgehead atoms. The lowest BCUT2D eigenvalue weighted by Gasteiger charge is -2.14. The Morgan fingerprint density at radius 3 is 2.83 bits per heavy atom. The number of aliphatic hydroxyl groups is 1. The molecule has 0 radical (unpaired) electrons. The van der Waals surface area contributed by atoms with Crippen LogP contribution in [0.3, 0.4) is 0 Å². The Hall–Kier alpha value is -3.50. The van der Waals surface area contributed by atoms with Crippen molar-refractivity contribution in [3.8, 4) is 17.2 Å². The predicted octanol–water partition coefficient (Wildman–Crippen LogP) is 0.0690. The molecule has 154 valence electrons. The molecule has 29 heavy (non-hydrogen) atoms. The van der Waals surface area contributed by atoms with E-state index in [0.29, 0.717) is 29.1 Å². The lowest BCUT2D eigenvalue weighted by atomic mass is 10.2. The number of benzene rings is 2. The number of H-pyrrole nitrogens is 2. The van der Waals surface area contributed by atoms with E-state index in [4.69, 9.17) is 15.2 Å². The van der Waals surface area contributed by atoms with Gasteiger partial charge in [-0.05, 0) is 30.3 Å². The molecule has 0 aliphatic rings. The van der Waals surface area contributed by atoms with E-state index in [1.165, 1.54) is 18.2 Å². The average Bonchev–Trinajstić information content (AvgIpc) is 3.07. The second-order valence-corrected chi connectivity index (χ2v) is 6.32. The van der Waals surface area contributed by atoms with Gasteiger partial charge in [-0.1, -0.05) is 6.07 Å². The van der Waals surface area contributed by atoms with Gasteiger partial charge in [0.15, 0.2) is 0 Å². The minimum absolute atomic E-state index is 0.0122. The molecule has 1 heterocycles. The van der Waals surface area contributed by atoms with E-state index >= 15 is 0 Å². The highest BCUT2D eigenvalue weighted by molar-refractivity contribution is 5.95. The zero-order valence-corrected chi connectivity index (χ0v) is 15.5. The molecule has 0 saturated heterocycles. The van der Waals surface area contributed by atoms with Gasteiger partial charge < -0.3 is 40.7 Å². The average molecular weight is 402 g/mol. The minimum atomic E-state index is -0.772. The second kappa shape index (κ2) is 9.13. The monoisotopic (exact) mass is 402 g/mol. The van der Waals surface area contributed by atoms with Crippen LogP contribution >= 0.6 is 0 Å². The third-order valence-electron chi connectivity index (χ3n) is 4.11. The number of para-hydroxylation sites is 1. The third kappa shape index (κ3) is 5.27. The van der Waals surface area contributed by atoms with E-state index in [1.54, 1.807) is 18.2 Å². The van der Waals surface area contributed by atoms with Crippen LogP contribution in [0.4, 0.5) is 0 Å². The van der Waals surface area contributed by atoms with Gasteiger partial charge in [0, 0.05) is 13.1 Å². The summed E-state index contributed by atoms with van der Waals surface area (Å²) in [5, 5.41) is 22.6. The zero-order valence-electron chi connectivity index (χ0n) is 15.5. The number of amides is 1. The minimum Gasteiger partial charge on any atom is -0.507 e. The first-order chi connectivity index (χ1) is 13.9. The maximum atomic E-state index is 11.4. The molecule has 7 N–H and O–H groups in total. The van der Waals surface area contributed by atoms with Gasteiger partial charge in [0.25, 0.3) is 5.91 Å². The second-order valence-electron chi connectivity index (χ2n) is 6.32. The number of carbonyl (C=O) groups excluding carboxylic acids is 1. The maximum absolute atomic E-state index is 11.4. The molecule has 1 aromatic heterocycles. The van der Waals surface area contributed by atoms with Crippen LogP contribution < -0.4 is 26.2 Å². The van der Waals surface area contributed by atoms with Crippen molar-refractivity contribution in [3.63, 3.8) is 0 Å². The fourth-order valence-corrected chi connectivity index (χ4v) is 2.71. The summed E-state index contributed by atoms with van der Waals surface area (Å²) in [7, 11) is 0. The number of fused-ring (bicyclic) bond motifs is 1. The van der Waals surface area contributed by atoms with E-state index in [2.05, 4.69) is 15.3 Å². The summed E-state index contributed by atoms with van der Waals surface area (Å²) in [4.78, 5) is 27.9. The molecule has 2 aromatic carbocycles. The summed E-state index contributed by atoms with van der Waals surface area (Å²) in [6.07, 6.45) is -0.772. The van der Waals surface area contributed by atoms with Crippen molar-refractivity contribution in [1.29, 1.82) is 0 Å². The molecule has 0 aliphatic carbocycles. The highest BCUT2D eigenvalue weighted by Gasteiger charge is 2.10. The quantitative estimate of drug-likeness (QED) is 0.261. The molecule has 0 spiro atoms. The van der Waals surface area contributed by atoms with Gasteiger partial charge in [0.1, 0.15) is 42.1 Å². The van der Waals surface area contributed by atoms with Gasteiger partial charge in [-0.25, -0.2) is 4.79 Å². The molecule has 1 unspecified atom stereocenters. The first-order valence-corrected chi connectivity index (χ1v) is 8.92. The number of nitrogens with two attached hydrogens (primary N) is 1. The van der Waals surface area contributed by atoms with Crippen molar-refractivity contribution in [2.24, 2.45) is 5.73 Å². The van der Waals surface area contributed by atoms with Crippen molar-refractivity contribution in [3.05, 3.63) is 52.4 Å². The molecule has 10 heteroatoms. The Kier molecular flexibility index (Phi) is 6.37. The number of hydrogen-bond acceptors (Lipinski definition) is 7. The number of aromatic nitrogens is 2. The molecular weight excluding hydrogens is 380 g/mol. The van der Waals surface area contributed by atoms with Crippen molar-refractivity contribution in [2.75, 3.05) is 26.3 Å². The Balaban J connectivity index is 1.39. The van der Waals surface area contributed by atoms with E-state index in [0.717, 1.165) is 0 Å². The Bertz CT molecular complexity index is 1040. The van der Waals surface area contributed by atoms with Crippen molar-refractivity contribution < 1.29 is 24.5 Å². The molecule has 1 atom stereocenters. The number of phenols is 1. The van der Waals surface area contributed by atoms with Crippen LogP contribution in [-0.2, 0) is 0 Å². The molecular formula is C19H22N4O6. The van der Waals surface area contributed by atoms with Gasteiger partial charge in [-0.3, -0.25) is 4.79 Å². The molecule has 0 fully saturated rings. The predicted molar refractivity (Wildman–Crippen MR) is 105 cm³/mol. The molecule has 0 saturated carbocycles. The maximum Gasteiger partial charge on any atom is 0.323 e. The normalized spacial score (nSPS) is 12.0. The van der Waals surface area contributed by atoms with Crippen LogP contribution in [0.1, 0.15) is 10.4 Å². The Morgan fingerprint density at radius 1 is 1.21 bits per heavy atom. The number of carbonyl (C=O) groups is 1. The summed E-state index contributed by atoms with van der Waals surface area (Å²) in [5.41, 5.74) is 6.02. The van der Waals surface area contributed by atoms with Gasteiger partial charge in [0.05, 0.1) is 11.1 Å². The molecule has 3 rings (SSSR count). The van der Waals surface area contributed by atoms with Crippen LogP contribution in [0.25, 0.3) is 11.0 Å². The summed E-state index contributed by atoms with van der Waals surface area (Å²) in [6.45, 7) is 1.02. The third-order valence-corrected chi connectivity index (χ3v) is 4.11. The van der Waals surface area contributed by atoms with Crippen LogP contribution in [0, 0.1) is 0 Å². The topological polar surface area (TPSA) is 163 Å². The van der Waals surface area contributed by atoms with E-state index in [1.807, 2.05) is 0 Å². The van der Waals surface area contributed by atoms with Gasteiger partial charge in [-0.15, -0.1) is 0 Å². The molecule has 10 nitrogen and oxygen atoms in total. The van der Waals surface area contributed by atoms with Gasteiger partial charge in [-0.2, -0.15) is 0 Å². The summed E-state index contributed by atoms with van der Waals surface area (Å²) in [5.74, 6) is -0.0733. The molecule has 3 aromatic rings. The Morgan fingerprint density at radius 2 is 2.03 bits per heavy atom. The fourth-order valence-electron chi connectivity index (χ4n) is 2.71. The van der Waals surface area contributed by atoms with E-state index in [9.17, 15) is 19.8 Å². The summed E-state index contributed by atoms with van der Waals surface area (Å²) < 4.78 is 11.1. The van der Waals surface area contributed by atoms with Crippen molar-refractivity contribution in [2.45, 2.75) is 6.10 Å². The first-order valence-electron chi connectivity index (χ1n) is 8.92. The number of aromatic amines is 2. The highest BCUT2D eigenvalue weighted by atomic mass is 16.5. The van der Waals surface area contributed by atoms with Crippen LogP contribution in [-0.4, -0.2) is 58.5 Å². The molecule has 1 amide bonds. The first kappa shape index (κ1) is 20.2. The number of nitrogens with one attached hydrogen (secondary N) is 3. The smallest absolute Gasteiger partial charge is 0.323 e.